The van der Waals surface area contributed by atoms with E-state index < -0.39 is 0 Å². The summed E-state index contributed by atoms with van der Waals surface area (Å²) < 4.78 is 5.29. The average Bonchev–Trinajstić information content (AvgIpc) is 3.24. The number of furan rings is 1. The molecule has 7 nitrogen and oxygen atoms in total. The second-order valence-electron chi connectivity index (χ2n) is 7.18. The van der Waals surface area contributed by atoms with Gasteiger partial charge < -0.3 is 19.1 Å². The van der Waals surface area contributed by atoms with Crippen molar-refractivity contribution in [3.8, 4) is 0 Å². The Labute approximate surface area is 146 Å². The van der Waals surface area contributed by atoms with Crippen LogP contribution in [0.4, 0.5) is 0 Å². The van der Waals surface area contributed by atoms with E-state index >= 15 is 0 Å². The number of amides is 3. The second-order valence-corrected chi connectivity index (χ2v) is 7.18. The Balaban J connectivity index is 1.29. The second kappa shape index (κ2) is 6.54. The molecule has 3 fully saturated rings. The standard InChI is InChI=1S/C18H23N3O4/c22-16-10-14(11-21(16)12-15-2-1-9-25-15)18(24)20-7-5-19(6-8-20)17(23)13-3-4-13/h1-2,9,13-14H,3-8,10-12H2. The molecule has 2 saturated heterocycles. The highest BCUT2D eigenvalue weighted by atomic mass is 16.3. The van der Waals surface area contributed by atoms with Gasteiger partial charge in [0, 0.05) is 45.1 Å². The van der Waals surface area contributed by atoms with Crippen molar-refractivity contribution in [2.24, 2.45) is 11.8 Å². The van der Waals surface area contributed by atoms with Gasteiger partial charge in [0.1, 0.15) is 5.76 Å². The van der Waals surface area contributed by atoms with Crippen LogP contribution in [0.15, 0.2) is 22.8 Å². The van der Waals surface area contributed by atoms with E-state index in [1.165, 1.54) is 0 Å². The van der Waals surface area contributed by atoms with E-state index in [0.717, 1.165) is 18.6 Å². The molecule has 3 amide bonds. The summed E-state index contributed by atoms with van der Waals surface area (Å²) >= 11 is 0. The summed E-state index contributed by atoms with van der Waals surface area (Å²) in [5.41, 5.74) is 0. The van der Waals surface area contributed by atoms with Crippen molar-refractivity contribution in [3.05, 3.63) is 24.2 Å². The molecule has 1 unspecified atom stereocenters. The predicted octanol–water partition coefficient (Wildman–Crippen LogP) is 0.709. The molecule has 0 N–H and O–H groups in total. The summed E-state index contributed by atoms with van der Waals surface area (Å²) in [5.74, 6) is 0.950. The molecular weight excluding hydrogens is 322 g/mol. The molecule has 0 bridgehead atoms. The van der Waals surface area contributed by atoms with Gasteiger partial charge in [-0.05, 0) is 25.0 Å². The SMILES string of the molecule is O=C1CC(C(=O)N2CCN(C(=O)C3CC3)CC2)CN1Cc1ccco1. The van der Waals surface area contributed by atoms with Crippen LogP contribution in [0.2, 0.25) is 0 Å². The Kier molecular flexibility index (Phi) is 4.23. The molecule has 1 aromatic heterocycles. The summed E-state index contributed by atoms with van der Waals surface area (Å²) in [7, 11) is 0. The van der Waals surface area contributed by atoms with Crippen molar-refractivity contribution in [1.29, 1.82) is 0 Å². The normalized spacial score (nSPS) is 24.1. The Hall–Kier alpha value is -2.31. The molecule has 3 heterocycles. The first-order chi connectivity index (χ1) is 12.1. The van der Waals surface area contributed by atoms with Gasteiger partial charge in [-0.15, -0.1) is 0 Å². The maximum atomic E-state index is 12.7. The lowest BCUT2D eigenvalue weighted by Gasteiger charge is -2.36. The van der Waals surface area contributed by atoms with Crippen molar-refractivity contribution in [3.63, 3.8) is 0 Å². The largest absolute Gasteiger partial charge is 0.467 e. The van der Waals surface area contributed by atoms with Gasteiger partial charge in [0.05, 0.1) is 18.7 Å². The third-order valence-corrected chi connectivity index (χ3v) is 5.32. The summed E-state index contributed by atoms with van der Waals surface area (Å²) in [4.78, 5) is 42.4. The minimum atomic E-state index is -0.284. The molecule has 7 heteroatoms. The molecule has 1 aliphatic carbocycles. The zero-order valence-corrected chi connectivity index (χ0v) is 14.2. The maximum Gasteiger partial charge on any atom is 0.228 e. The molecule has 2 aliphatic heterocycles. The first-order valence-electron chi connectivity index (χ1n) is 8.99. The topological polar surface area (TPSA) is 74.1 Å². The molecular formula is C18H23N3O4. The third kappa shape index (κ3) is 3.41. The van der Waals surface area contributed by atoms with Crippen LogP contribution >= 0.6 is 0 Å². The van der Waals surface area contributed by atoms with Gasteiger partial charge >= 0.3 is 0 Å². The van der Waals surface area contributed by atoms with Crippen molar-refractivity contribution >= 4 is 17.7 Å². The monoisotopic (exact) mass is 345 g/mol. The van der Waals surface area contributed by atoms with Crippen LogP contribution in [0.3, 0.4) is 0 Å². The minimum absolute atomic E-state index is 0.00250. The highest BCUT2D eigenvalue weighted by molar-refractivity contribution is 5.89. The quantitative estimate of drug-likeness (QED) is 0.805. The van der Waals surface area contributed by atoms with Crippen molar-refractivity contribution in [2.45, 2.75) is 25.8 Å². The van der Waals surface area contributed by atoms with Crippen LogP contribution in [0.25, 0.3) is 0 Å². The van der Waals surface area contributed by atoms with Gasteiger partial charge in [-0.2, -0.15) is 0 Å². The number of carbonyl (C=O) groups is 3. The van der Waals surface area contributed by atoms with E-state index in [-0.39, 0.29) is 36.0 Å². The van der Waals surface area contributed by atoms with Gasteiger partial charge in [-0.3, -0.25) is 14.4 Å². The molecule has 134 valence electrons. The predicted molar refractivity (Wildman–Crippen MR) is 88.1 cm³/mol. The number of hydrogen-bond donors (Lipinski definition) is 0. The molecule has 1 aromatic rings. The van der Waals surface area contributed by atoms with Crippen molar-refractivity contribution < 1.29 is 18.8 Å². The average molecular weight is 345 g/mol. The summed E-state index contributed by atoms with van der Waals surface area (Å²) in [6.45, 7) is 3.22. The van der Waals surface area contributed by atoms with Crippen molar-refractivity contribution in [2.75, 3.05) is 32.7 Å². The lowest BCUT2D eigenvalue weighted by Crippen LogP contribution is -2.52. The fourth-order valence-corrected chi connectivity index (χ4v) is 3.67. The van der Waals surface area contributed by atoms with E-state index in [2.05, 4.69) is 0 Å². The lowest BCUT2D eigenvalue weighted by molar-refractivity contribution is -0.142. The van der Waals surface area contributed by atoms with E-state index in [9.17, 15) is 14.4 Å². The van der Waals surface area contributed by atoms with Crippen LogP contribution in [0.1, 0.15) is 25.0 Å². The van der Waals surface area contributed by atoms with E-state index in [0.29, 0.717) is 39.3 Å². The smallest absolute Gasteiger partial charge is 0.228 e. The van der Waals surface area contributed by atoms with Gasteiger partial charge in [0.2, 0.25) is 17.7 Å². The number of rotatable bonds is 4. The number of carbonyl (C=O) groups excluding carboxylic acids is 3. The molecule has 0 aromatic carbocycles. The third-order valence-electron chi connectivity index (χ3n) is 5.32. The Morgan fingerprint density at radius 1 is 1.04 bits per heavy atom. The highest BCUT2D eigenvalue weighted by Gasteiger charge is 2.39. The first kappa shape index (κ1) is 16.2. The van der Waals surface area contributed by atoms with Crippen LogP contribution in [0, 0.1) is 11.8 Å². The summed E-state index contributed by atoms with van der Waals surface area (Å²) in [6.07, 6.45) is 3.86. The molecule has 1 saturated carbocycles. The van der Waals surface area contributed by atoms with Crippen LogP contribution in [0.5, 0.6) is 0 Å². The van der Waals surface area contributed by atoms with Gasteiger partial charge in [-0.25, -0.2) is 0 Å². The Morgan fingerprint density at radius 2 is 1.68 bits per heavy atom. The van der Waals surface area contributed by atoms with Crippen LogP contribution < -0.4 is 0 Å². The molecule has 0 spiro atoms. The first-order valence-corrected chi connectivity index (χ1v) is 8.99. The van der Waals surface area contributed by atoms with Gasteiger partial charge in [0.25, 0.3) is 0 Å². The lowest BCUT2D eigenvalue weighted by atomic mass is 10.1. The Bertz CT molecular complexity index is 660. The number of nitrogens with zero attached hydrogens (tertiary/aromatic N) is 3. The van der Waals surface area contributed by atoms with E-state index in [1.807, 2.05) is 15.9 Å². The zero-order valence-electron chi connectivity index (χ0n) is 14.2. The summed E-state index contributed by atoms with van der Waals surface area (Å²) in [5, 5.41) is 0. The van der Waals surface area contributed by atoms with Crippen LogP contribution in [-0.4, -0.2) is 65.1 Å². The molecule has 25 heavy (non-hydrogen) atoms. The molecule has 0 radical (unpaired) electrons. The Morgan fingerprint density at radius 3 is 2.24 bits per heavy atom. The number of piperazine rings is 1. The number of hydrogen-bond acceptors (Lipinski definition) is 4. The van der Waals surface area contributed by atoms with Crippen LogP contribution in [-0.2, 0) is 20.9 Å². The fourth-order valence-electron chi connectivity index (χ4n) is 3.67. The van der Waals surface area contributed by atoms with E-state index in [4.69, 9.17) is 4.42 Å². The molecule has 3 aliphatic rings. The minimum Gasteiger partial charge on any atom is -0.467 e. The molecule has 1 atom stereocenters. The van der Waals surface area contributed by atoms with Gasteiger partial charge in [0.15, 0.2) is 0 Å². The zero-order chi connectivity index (χ0) is 17.4. The van der Waals surface area contributed by atoms with Gasteiger partial charge in [-0.1, -0.05) is 0 Å². The highest BCUT2D eigenvalue weighted by Crippen LogP contribution is 2.31. The maximum absolute atomic E-state index is 12.7. The molecule has 4 rings (SSSR count). The fraction of sp³-hybridized carbons (Fsp3) is 0.611. The number of likely N-dealkylation sites (tertiary alicyclic amines) is 1. The summed E-state index contributed by atoms with van der Waals surface area (Å²) in [6, 6.07) is 3.62. The van der Waals surface area contributed by atoms with E-state index in [1.54, 1.807) is 17.2 Å². The van der Waals surface area contributed by atoms with Crippen molar-refractivity contribution in [1.82, 2.24) is 14.7 Å².